The van der Waals surface area contributed by atoms with Gasteiger partial charge in [-0.25, -0.2) is 4.79 Å². The number of carbonyl (C=O) groups is 3. The molecule has 21 heavy (non-hydrogen) atoms. The molecule has 2 heterocycles. The Kier molecular flexibility index (Phi) is 3.84. The predicted molar refractivity (Wildman–Crippen MR) is 75.5 cm³/mol. The van der Waals surface area contributed by atoms with Crippen LogP contribution in [0.1, 0.15) is 38.5 Å². The molecule has 2 aliphatic heterocycles. The highest BCUT2D eigenvalue weighted by Gasteiger charge is 2.47. The van der Waals surface area contributed by atoms with E-state index in [1.165, 1.54) is 12.8 Å². The van der Waals surface area contributed by atoms with Crippen molar-refractivity contribution in [1.29, 1.82) is 0 Å². The molecular weight excluding hydrogens is 272 g/mol. The first kappa shape index (κ1) is 14.3. The van der Waals surface area contributed by atoms with E-state index >= 15 is 0 Å². The number of amides is 4. The summed E-state index contributed by atoms with van der Waals surface area (Å²) in [6, 6.07) is -0.0686. The molecule has 2 saturated heterocycles. The van der Waals surface area contributed by atoms with E-state index in [-0.39, 0.29) is 11.8 Å². The largest absolute Gasteiger partial charge is 0.352 e. The molecule has 3 fully saturated rings. The summed E-state index contributed by atoms with van der Waals surface area (Å²) < 4.78 is 0. The van der Waals surface area contributed by atoms with Crippen molar-refractivity contribution in [3.63, 3.8) is 0 Å². The summed E-state index contributed by atoms with van der Waals surface area (Å²) in [5.41, 5.74) is -0.754. The number of likely N-dealkylation sites (tertiary alicyclic amines) is 1. The predicted octanol–water partition coefficient (Wildman–Crippen LogP) is -0.281. The maximum absolute atomic E-state index is 12.0. The van der Waals surface area contributed by atoms with Gasteiger partial charge < -0.3 is 10.6 Å². The summed E-state index contributed by atoms with van der Waals surface area (Å²) in [5.74, 6) is -0.166. The number of urea groups is 1. The first-order valence-corrected chi connectivity index (χ1v) is 7.73. The van der Waals surface area contributed by atoms with Crippen molar-refractivity contribution in [2.45, 2.75) is 50.1 Å². The Balaban J connectivity index is 1.46. The van der Waals surface area contributed by atoms with E-state index in [1.54, 1.807) is 0 Å². The average Bonchev–Trinajstić information content (AvgIpc) is 3.02. The fourth-order valence-electron chi connectivity index (χ4n) is 3.52. The van der Waals surface area contributed by atoms with Crippen LogP contribution >= 0.6 is 0 Å². The molecule has 1 aliphatic carbocycles. The molecule has 0 aromatic carbocycles. The van der Waals surface area contributed by atoms with E-state index in [2.05, 4.69) is 16.0 Å². The normalized spacial score (nSPS) is 25.9. The van der Waals surface area contributed by atoms with E-state index in [4.69, 9.17) is 0 Å². The van der Waals surface area contributed by atoms with Gasteiger partial charge in [0.15, 0.2) is 0 Å². The fraction of sp³-hybridized carbons (Fsp3) is 0.786. The molecule has 0 unspecified atom stereocenters. The number of rotatable bonds is 3. The average molecular weight is 294 g/mol. The third-order valence-corrected chi connectivity index (χ3v) is 4.81. The monoisotopic (exact) mass is 294 g/mol. The molecule has 0 aromatic rings. The molecule has 4 amide bonds. The summed E-state index contributed by atoms with van der Waals surface area (Å²) in [4.78, 5) is 37.1. The van der Waals surface area contributed by atoms with Gasteiger partial charge in [0.2, 0.25) is 5.91 Å². The Morgan fingerprint density at radius 1 is 1.24 bits per heavy atom. The lowest BCUT2D eigenvalue weighted by Gasteiger charge is -2.36. The summed E-state index contributed by atoms with van der Waals surface area (Å²) in [7, 11) is 0. The van der Waals surface area contributed by atoms with Gasteiger partial charge in [-0.1, -0.05) is 12.8 Å². The lowest BCUT2D eigenvalue weighted by Crippen LogP contribution is -2.56. The highest BCUT2D eigenvalue weighted by atomic mass is 16.2. The van der Waals surface area contributed by atoms with Crippen LogP contribution in [-0.2, 0) is 9.59 Å². The van der Waals surface area contributed by atoms with Crippen LogP contribution in [0.25, 0.3) is 0 Å². The zero-order valence-electron chi connectivity index (χ0n) is 12.1. The highest BCUT2D eigenvalue weighted by molar-refractivity contribution is 6.07. The summed E-state index contributed by atoms with van der Waals surface area (Å²) in [5, 5.41) is 8.09. The van der Waals surface area contributed by atoms with Crippen LogP contribution in [0.15, 0.2) is 0 Å². The van der Waals surface area contributed by atoms with Crippen molar-refractivity contribution in [3.8, 4) is 0 Å². The molecule has 3 aliphatic rings. The van der Waals surface area contributed by atoms with E-state index < -0.39 is 11.6 Å². The Hall–Kier alpha value is -1.63. The third kappa shape index (κ3) is 3.02. The van der Waals surface area contributed by atoms with Crippen molar-refractivity contribution >= 4 is 17.8 Å². The Morgan fingerprint density at radius 2 is 1.90 bits per heavy atom. The fourth-order valence-corrected chi connectivity index (χ4v) is 3.52. The lowest BCUT2D eigenvalue weighted by atomic mass is 9.88. The smallest absolute Gasteiger partial charge is 0.322 e. The zero-order chi connectivity index (χ0) is 14.9. The van der Waals surface area contributed by atoms with Crippen LogP contribution in [0.2, 0.25) is 0 Å². The number of nitrogens with one attached hydrogen (secondary N) is 3. The van der Waals surface area contributed by atoms with Gasteiger partial charge in [-0.05, 0) is 25.7 Å². The zero-order valence-corrected chi connectivity index (χ0v) is 12.1. The van der Waals surface area contributed by atoms with Crippen LogP contribution in [0.5, 0.6) is 0 Å². The molecule has 0 atom stereocenters. The number of nitrogens with zero attached hydrogens (tertiary/aromatic N) is 1. The van der Waals surface area contributed by atoms with E-state index in [1.807, 2.05) is 4.90 Å². The molecule has 3 N–H and O–H groups in total. The van der Waals surface area contributed by atoms with Crippen molar-refractivity contribution < 1.29 is 14.4 Å². The topological polar surface area (TPSA) is 90.5 Å². The van der Waals surface area contributed by atoms with Crippen LogP contribution in [0, 0.1) is 0 Å². The number of hydrogen-bond acceptors (Lipinski definition) is 4. The Morgan fingerprint density at radius 3 is 2.48 bits per heavy atom. The minimum atomic E-state index is -0.754. The molecule has 1 spiro atoms. The van der Waals surface area contributed by atoms with Crippen molar-refractivity contribution in [3.05, 3.63) is 0 Å². The molecule has 3 rings (SSSR count). The molecule has 116 valence electrons. The van der Waals surface area contributed by atoms with Crippen LogP contribution in [0.4, 0.5) is 4.79 Å². The van der Waals surface area contributed by atoms with Crippen LogP contribution in [-0.4, -0.2) is 54.0 Å². The maximum atomic E-state index is 12.0. The number of hydrogen-bond donors (Lipinski definition) is 3. The van der Waals surface area contributed by atoms with Gasteiger partial charge >= 0.3 is 6.03 Å². The minimum absolute atomic E-state index is 0.0674. The van der Waals surface area contributed by atoms with Crippen LogP contribution in [0.3, 0.4) is 0 Å². The number of carbonyl (C=O) groups excluding carboxylic acids is 3. The summed E-state index contributed by atoms with van der Waals surface area (Å²) >= 11 is 0. The SMILES string of the molecule is O=C(CN1CCC2(CC1)NC(=O)NC2=O)NC1CCCC1. The molecule has 1 saturated carbocycles. The van der Waals surface area contributed by atoms with Crippen LogP contribution < -0.4 is 16.0 Å². The second-order valence-electron chi connectivity index (χ2n) is 6.32. The highest BCUT2D eigenvalue weighted by Crippen LogP contribution is 2.25. The first-order valence-electron chi connectivity index (χ1n) is 7.73. The van der Waals surface area contributed by atoms with Gasteiger partial charge in [-0.2, -0.15) is 0 Å². The third-order valence-electron chi connectivity index (χ3n) is 4.81. The molecule has 0 radical (unpaired) electrons. The molecule has 7 heteroatoms. The maximum Gasteiger partial charge on any atom is 0.322 e. The molecule has 0 aromatic heterocycles. The number of imide groups is 1. The van der Waals surface area contributed by atoms with Gasteiger partial charge in [0.05, 0.1) is 6.54 Å². The minimum Gasteiger partial charge on any atom is -0.352 e. The quantitative estimate of drug-likeness (QED) is 0.624. The summed E-state index contributed by atoms with van der Waals surface area (Å²) in [6.07, 6.45) is 5.68. The van der Waals surface area contributed by atoms with Crippen molar-refractivity contribution in [1.82, 2.24) is 20.9 Å². The summed E-state index contributed by atoms with van der Waals surface area (Å²) in [6.45, 7) is 1.67. The van der Waals surface area contributed by atoms with Gasteiger partial charge in [0.25, 0.3) is 5.91 Å². The Labute approximate surface area is 123 Å². The Bertz CT molecular complexity index is 451. The number of piperidine rings is 1. The van der Waals surface area contributed by atoms with Gasteiger partial charge in [0.1, 0.15) is 5.54 Å². The van der Waals surface area contributed by atoms with Gasteiger partial charge in [-0.15, -0.1) is 0 Å². The molecule has 7 nitrogen and oxygen atoms in total. The first-order chi connectivity index (χ1) is 10.1. The van der Waals surface area contributed by atoms with Crippen molar-refractivity contribution in [2.75, 3.05) is 19.6 Å². The van der Waals surface area contributed by atoms with Gasteiger partial charge in [-0.3, -0.25) is 19.8 Å². The molecule has 0 bridgehead atoms. The second kappa shape index (κ2) is 5.63. The van der Waals surface area contributed by atoms with E-state index in [0.29, 0.717) is 38.5 Å². The lowest BCUT2D eigenvalue weighted by molar-refractivity contribution is -0.126. The van der Waals surface area contributed by atoms with E-state index in [0.717, 1.165) is 12.8 Å². The standard InChI is InChI=1S/C14H22N4O3/c19-11(15-10-3-1-2-4-10)9-18-7-5-14(6-8-18)12(20)16-13(21)17-14/h10H,1-9H2,(H,15,19)(H2,16,17,20,21). The van der Waals surface area contributed by atoms with E-state index in [9.17, 15) is 14.4 Å². The van der Waals surface area contributed by atoms with Crippen molar-refractivity contribution in [2.24, 2.45) is 0 Å². The van der Waals surface area contributed by atoms with Gasteiger partial charge in [0, 0.05) is 19.1 Å². The molecular formula is C14H22N4O3. The second-order valence-corrected chi connectivity index (χ2v) is 6.32.